The van der Waals surface area contributed by atoms with E-state index in [0.29, 0.717) is 35.3 Å². The van der Waals surface area contributed by atoms with Crippen LogP contribution in [-0.2, 0) is 4.79 Å². The highest BCUT2D eigenvalue weighted by Crippen LogP contribution is 2.38. The van der Waals surface area contributed by atoms with Crippen LogP contribution in [0.1, 0.15) is 62.3 Å². The van der Waals surface area contributed by atoms with Crippen molar-refractivity contribution < 1.29 is 14.3 Å². The van der Waals surface area contributed by atoms with Crippen LogP contribution in [0.3, 0.4) is 0 Å². The molecule has 0 saturated heterocycles. The Hall–Kier alpha value is -3.88. The lowest BCUT2D eigenvalue weighted by Crippen LogP contribution is -2.31. The molecule has 1 amide bonds. The number of unbranched alkanes of at least 4 members (excludes halogenated alkanes) is 3. The van der Waals surface area contributed by atoms with Gasteiger partial charge in [0.15, 0.2) is 11.5 Å². The first-order valence-corrected chi connectivity index (χ1v) is 12.4. The first kappa shape index (κ1) is 25.2. The molecule has 2 N–H and O–H groups in total. The minimum Gasteiger partial charge on any atom is -0.493 e. The summed E-state index contributed by atoms with van der Waals surface area (Å²) in [7, 11) is 1.61. The van der Waals surface area contributed by atoms with Gasteiger partial charge in [0.1, 0.15) is 6.04 Å². The Labute approximate surface area is 211 Å². The summed E-state index contributed by atoms with van der Waals surface area (Å²) >= 11 is 0. The Balaban J connectivity index is 1.65. The number of hydrogen-bond acceptors (Lipinski definition) is 7. The summed E-state index contributed by atoms with van der Waals surface area (Å²) in [4.78, 5) is 13.6. The van der Waals surface area contributed by atoms with Gasteiger partial charge in [-0.15, -0.1) is 0 Å². The molecule has 2 heterocycles. The summed E-state index contributed by atoms with van der Waals surface area (Å²) in [6.45, 7) is 8.67. The van der Waals surface area contributed by atoms with E-state index in [1.807, 2.05) is 57.2 Å². The highest BCUT2D eigenvalue weighted by Gasteiger charge is 2.34. The number of amides is 1. The predicted octanol–water partition coefficient (Wildman–Crippen LogP) is 5.19. The number of carbonyl (C=O) groups is 1. The molecule has 1 aliphatic rings. The molecule has 0 bridgehead atoms. The smallest absolute Gasteiger partial charge is 0.255 e. The van der Waals surface area contributed by atoms with Crippen molar-refractivity contribution in [2.24, 2.45) is 0 Å². The third kappa shape index (κ3) is 5.35. The minimum absolute atomic E-state index is 0.228. The molecule has 1 unspecified atom stereocenters. The zero-order chi connectivity index (χ0) is 25.7. The molecule has 0 fully saturated rings. The molecule has 0 aliphatic carbocycles. The molecule has 4 rings (SSSR count). The van der Waals surface area contributed by atoms with E-state index in [2.05, 4.69) is 33.1 Å². The van der Waals surface area contributed by atoms with Crippen LogP contribution in [0.2, 0.25) is 0 Å². The Morgan fingerprint density at radius 2 is 1.92 bits per heavy atom. The number of tetrazole rings is 1. The summed E-state index contributed by atoms with van der Waals surface area (Å²) in [5.74, 6) is 1.51. The number of nitrogens with zero attached hydrogens (tertiary/aromatic N) is 4. The van der Waals surface area contributed by atoms with Crippen LogP contribution in [0.15, 0.2) is 47.7 Å². The maximum absolute atomic E-state index is 13.6. The number of benzene rings is 2. The van der Waals surface area contributed by atoms with Crippen molar-refractivity contribution in [2.75, 3.05) is 24.4 Å². The summed E-state index contributed by atoms with van der Waals surface area (Å²) in [6, 6.07) is 11.1. The summed E-state index contributed by atoms with van der Waals surface area (Å²) in [5.41, 5.74) is 4.90. The molecule has 0 radical (unpaired) electrons. The van der Waals surface area contributed by atoms with Gasteiger partial charge in [0.2, 0.25) is 5.95 Å². The molecule has 190 valence electrons. The van der Waals surface area contributed by atoms with Crippen molar-refractivity contribution in [2.45, 2.75) is 59.4 Å². The molecule has 1 aromatic heterocycles. The number of anilines is 2. The van der Waals surface area contributed by atoms with Gasteiger partial charge in [0.25, 0.3) is 5.91 Å². The number of allylic oxidation sites excluding steroid dienone is 1. The first-order valence-electron chi connectivity index (χ1n) is 12.4. The van der Waals surface area contributed by atoms with Crippen molar-refractivity contribution in [1.82, 2.24) is 20.2 Å². The Bertz CT molecular complexity index is 1270. The number of ether oxygens (including phenoxy) is 2. The van der Waals surface area contributed by atoms with Crippen molar-refractivity contribution in [3.63, 3.8) is 0 Å². The average molecular weight is 491 g/mol. The second-order valence-corrected chi connectivity index (χ2v) is 9.11. The molecule has 3 aromatic rings. The van der Waals surface area contributed by atoms with Crippen LogP contribution in [0.25, 0.3) is 0 Å². The van der Waals surface area contributed by atoms with E-state index in [4.69, 9.17) is 9.47 Å². The fourth-order valence-electron chi connectivity index (χ4n) is 4.44. The zero-order valence-electron chi connectivity index (χ0n) is 21.6. The standard InChI is InChI=1S/C27H34N6O3/c1-6-7-8-9-14-36-22-13-11-20(16-23(22)35-5)25-24(19(4)28-27-30-31-32-33(25)27)26(34)29-21-12-10-17(2)15-18(21)3/h10-13,15-16,25H,6-9,14H2,1-5H3,(H,29,34)(H,28,30,32). The van der Waals surface area contributed by atoms with E-state index in [0.717, 1.165) is 35.2 Å². The van der Waals surface area contributed by atoms with E-state index in [1.165, 1.54) is 12.8 Å². The lowest BCUT2D eigenvalue weighted by molar-refractivity contribution is -0.113. The van der Waals surface area contributed by atoms with Crippen LogP contribution in [0.4, 0.5) is 11.6 Å². The van der Waals surface area contributed by atoms with E-state index >= 15 is 0 Å². The van der Waals surface area contributed by atoms with Gasteiger partial charge in [-0.3, -0.25) is 4.79 Å². The highest BCUT2D eigenvalue weighted by molar-refractivity contribution is 6.06. The van der Waals surface area contributed by atoms with Crippen LogP contribution in [0, 0.1) is 13.8 Å². The van der Waals surface area contributed by atoms with Gasteiger partial charge in [-0.25, -0.2) is 0 Å². The van der Waals surface area contributed by atoms with Crippen molar-refractivity contribution >= 4 is 17.5 Å². The van der Waals surface area contributed by atoms with Crippen molar-refractivity contribution in [3.05, 3.63) is 64.4 Å². The molecule has 1 aliphatic heterocycles. The lowest BCUT2D eigenvalue weighted by atomic mass is 9.94. The fraction of sp³-hybridized carbons (Fsp3) is 0.407. The quantitative estimate of drug-likeness (QED) is 0.377. The largest absolute Gasteiger partial charge is 0.493 e. The van der Waals surface area contributed by atoms with Gasteiger partial charge in [0.05, 0.1) is 19.3 Å². The minimum atomic E-state index is -0.547. The Morgan fingerprint density at radius 3 is 2.67 bits per heavy atom. The predicted molar refractivity (Wildman–Crippen MR) is 139 cm³/mol. The number of methoxy groups -OCH3 is 1. The number of aryl methyl sites for hydroxylation is 2. The lowest BCUT2D eigenvalue weighted by Gasteiger charge is -2.28. The van der Waals surface area contributed by atoms with Crippen LogP contribution < -0.4 is 20.1 Å². The Morgan fingerprint density at radius 1 is 1.08 bits per heavy atom. The second-order valence-electron chi connectivity index (χ2n) is 9.11. The molecule has 0 spiro atoms. The van der Waals surface area contributed by atoms with Crippen molar-refractivity contribution in [3.8, 4) is 11.5 Å². The molecule has 0 saturated carbocycles. The molecular formula is C27H34N6O3. The van der Waals surface area contributed by atoms with E-state index < -0.39 is 6.04 Å². The summed E-state index contributed by atoms with van der Waals surface area (Å²) in [6.07, 6.45) is 4.50. The molecule has 2 aromatic carbocycles. The maximum Gasteiger partial charge on any atom is 0.255 e. The topological polar surface area (TPSA) is 103 Å². The third-order valence-corrected chi connectivity index (χ3v) is 6.35. The molecule has 1 atom stereocenters. The van der Waals surface area contributed by atoms with Crippen LogP contribution in [-0.4, -0.2) is 39.8 Å². The van der Waals surface area contributed by atoms with Gasteiger partial charge < -0.3 is 20.1 Å². The number of hydrogen-bond donors (Lipinski definition) is 2. The molecule has 9 heteroatoms. The SMILES string of the molecule is CCCCCCOc1ccc(C2C(C(=O)Nc3ccc(C)cc3C)=C(C)Nc3nnnn32)cc1OC. The molecule has 9 nitrogen and oxygen atoms in total. The normalized spacial score (nSPS) is 14.8. The number of aromatic nitrogens is 4. The summed E-state index contributed by atoms with van der Waals surface area (Å²) in [5, 5.41) is 18.3. The fourth-order valence-corrected chi connectivity index (χ4v) is 4.44. The van der Waals surface area contributed by atoms with E-state index in [-0.39, 0.29) is 5.91 Å². The highest BCUT2D eigenvalue weighted by atomic mass is 16.5. The van der Waals surface area contributed by atoms with Gasteiger partial charge >= 0.3 is 0 Å². The monoisotopic (exact) mass is 490 g/mol. The van der Waals surface area contributed by atoms with Crippen LogP contribution in [0.5, 0.6) is 11.5 Å². The van der Waals surface area contributed by atoms with Gasteiger partial charge in [-0.2, -0.15) is 4.68 Å². The number of fused-ring (bicyclic) bond motifs is 1. The summed E-state index contributed by atoms with van der Waals surface area (Å²) < 4.78 is 13.3. The maximum atomic E-state index is 13.6. The average Bonchev–Trinajstić information content (AvgIpc) is 3.32. The zero-order valence-corrected chi connectivity index (χ0v) is 21.6. The van der Waals surface area contributed by atoms with Crippen molar-refractivity contribution in [1.29, 1.82) is 0 Å². The van der Waals surface area contributed by atoms with Gasteiger partial charge in [-0.1, -0.05) is 55.0 Å². The molecule has 36 heavy (non-hydrogen) atoms. The van der Waals surface area contributed by atoms with Crippen LogP contribution >= 0.6 is 0 Å². The third-order valence-electron chi connectivity index (χ3n) is 6.35. The van der Waals surface area contributed by atoms with Gasteiger partial charge in [0, 0.05) is 11.4 Å². The van der Waals surface area contributed by atoms with Gasteiger partial charge in [-0.05, 0) is 66.9 Å². The van der Waals surface area contributed by atoms with E-state index in [9.17, 15) is 4.79 Å². The number of carbonyl (C=O) groups excluding carboxylic acids is 1. The second kappa shape index (κ2) is 11.2. The number of nitrogens with one attached hydrogen (secondary N) is 2. The molecular weight excluding hydrogens is 456 g/mol. The van der Waals surface area contributed by atoms with E-state index in [1.54, 1.807) is 11.8 Å². The Kier molecular flexibility index (Phi) is 7.87. The first-order chi connectivity index (χ1) is 17.4. The number of rotatable bonds is 10.